The Morgan fingerprint density at radius 2 is 1.90 bits per heavy atom. The summed E-state index contributed by atoms with van der Waals surface area (Å²) in [7, 11) is 1.51. The molecule has 0 atom stereocenters. The first-order valence-electron chi connectivity index (χ1n) is 6.90. The summed E-state index contributed by atoms with van der Waals surface area (Å²) in [6.07, 6.45) is 3.29. The molecular formula is C18H16O3. The van der Waals surface area contributed by atoms with Crippen LogP contribution in [0.15, 0.2) is 48.0 Å². The number of rotatable bonds is 2. The quantitative estimate of drug-likeness (QED) is 0.855. The average Bonchev–Trinajstić information content (AvgIpc) is 2.52. The Hall–Kier alpha value is -2.55. The van der Waals surface area contributed by atoms with E-state index >= 15 is 0 Å². The second-order valence-corrected chi connectivity index (χ2v) is 5.05. The SMILES string of the molecule is COc1cccc(/C=C2\CCc3ccccc3C2=O)c1O. The Morgan fingerprint density at radius 1 is 1.10 bits per heavy atom. The van der Waals surface area contributed by atoms with E-state index < -0.39 is 0 Å². The lowest BCUT2D eigenvalue weighted by Crippen LogP contribution is -2.13. The summed E-state index contributed by atoms with van der Waals surface area (Å²) in [6, 6.07) is 12.9. The van der Waals surface area contributed by atoms with Gasteiger partial charge in [0.1, 0.15) is 0 Å². The number of ketones is 1. The fourth-order valence-electron chi connectivity index (χ4n) is 2.66. The second-order valence-electron chi connectivity index (χ2n) is 5.05. The van der Waals surface area contributed by atoms with Crippen molar-refractivity contribution in [3.05, 3.63) is 64.7 Å². The molecular weight excluding hydrogens is 264 g/mol. The van der Waals surface area contributed by atoms with E-state index in [9.17, 15) is 9.90 Å². The number of aryl methyl sites for hydroxylation is 1. The molecule has 106 valence electrons. The third-order valence-corrected chi connectivity index (χ3v) is 3.80. The van der Waals surface area contributed by atoms with Crippen LogP contribution in [0.4, 0.5) is 0 Å². The third-order valence-electron chi connectivity index (χ3n) is 3.80. The van der Waals surface area contributed by atoms with Gasteiger partial charge in [0.05, 0.1) is 7.11 Å². The van der Waals surface area contributed by atoms with Crippen molar-refractivity contribution < 1.29 is 14.6 Å². The highest BCUT2D eigenvalue weighted by Crippen LogP contribution is 2.33. The zero-order chi connectivity index (χ0) is 14.8. The molecule has 2 aromatic rings. The molecule has 3 rings (SSSR count). The van der Waals surface area contributed by atoms with Crippen LogP contribution in [-0.4, -0.2) is 18.0 Å². The fraction of sp³-hybridized carbons (Fsp3) is 0.167. The first kappa shape index (κ1) is 13.4. The Balaban J connectivity index is 2.01. The lowest BCUT2D eigenvalue weighted by molar-refractivity contribution is 0.102. The number of phenols is 1. The van der Waals surface area contributed by atoms with Gasteiger partial charge in [-0.2, -0.15) is 0 Å². The number of carbonyl (C=O) groups excluding carboxylic acids is 1. The molecule has 0 saturated carbocycles. The molecule has 2 aromatic carbocycles. The van der Waals surface area contributed by atoms with Crippen LogP contribution >= 0.6 is 0 Å². The minimum Gasteiger partial charge on any atom is -0.504 e. The molecule has 3 heteroatoms. The standard InChI is InChI=1S/C18H16O3/c1-21-16-8-4-6-13(18(16)20)11-14-10-9-12-5-2-3-7-15(12)17(14)19/h2-8,11,20H,9-10H2,1H3/b14-11+. The maximum absolute atomic E-state index is 12.5. The molecule has 1 N–H and O–H groups in total. The number of Topliss-reactive ketones (excluding diaryl/α,β-unsaturated/α-hetero) is 1. The molecule has 0 bridgehead atoms. The highest BCUT2D eigenvalue weighted by Gasteiger charge is 2.21. The number of carbonyl (C=O) groups is 1. The van der Waals surface area contributed by atoms with Crippen molar-refractivity contribution in [1.82, 2.24) is 0 Å². The number of aromatic hydroxyl groups is 1. The summed E-state index contributed by atoms with van der Waals surface area (Å²) in [5.74, 6) is 0.520. The summed E-state index contributed by atoms with van der Waals surface area (Å²) in [6.45, 7) is 0. The van der Waals surface area contributed by atoms with Crippen LogP contribution in [0.5, 0.6) is 11.5 Å². The Morgan fingerprint density at radius 3 is 2.71 bits per heavy atom. The first-order valence-corrected chi connectivity index (χ1v) is 6.90. The van der Waals surface area contributed by atoms with Gasteiger partial charge in [-0.3, -0.25) is 4.79 Å². The van der Waals surface area contributed by atoms with E-state index in [1.165, 1.54) is 7.11 Å². The number of hydrogen-bond donors (Lipinski definition) is 1. The molecule has 1 aliphatic carbocycles. The van der Waals surface area contributed by atoms with Crippen LogP contribution in [0, 0.1) is 0 Å². The Labute approximate surface area is 123 Å². The number of ether oxygens (including phenoxy) is 1. The van der Waals surface area contributed by atoms with E-state index in [1.807, 2.05) is 24.3 Å². The van der Waals surface area contributed by atoms with E-state index in [-0.39, 0.29) is 11.5 Å². The van der Waals surface area contributed by atoms with E-state index in [0.717, 1.165) is 23.1 Å². The van der Waals surface area contributed by atoms with Crippen molar-refractivity contribution in [2.75, 3.05) is 7.11 Å². The van der Waals surface area contributed by atoms with Crippen LogP contribution in [0.1, 0.15) is 27.9 Å². The molecule has 0 spiro atoms. The van der Waals surface area contributed by atoms with Crippen LogP contribution in [0.25, 0.3) is 6.08 Å². The maximum atomic E-state index is 12.5. The predicted octanol–water partition coefficient (Wildman–Crippen LogP) is 3.61. The summed E-state index contributed by atoms with van der Waals surface area (Å²) < 4.78 is 5.09. The Kier molecular flexibility index (Phi) is 3.48. The van der Waals surface area contributed by atoms with Crippen molar-refractivity contribution in [3.63, 3.8) is 0 Å². The van der Waals surface area contributed by atoms with Gasteiger partial charge in [-0.05, 0) is 30.5 Å². The van der Waals surface area contributed by atoms with Crippen molar-refractivity contribution in [1.29, 1.82) is 0 Å². The number of methoxy groups -OCH3 is 1. The average molecular weight is 280 g/mol. The van der Waals surface area contributed by atoms with Crippen LogP contribution in [0.2, 0.25) is 0 Å². The molecule has 0 saturated heterocycles. The summed E-state index contributed by atoms with van der Waals surface area (Å²) in [5, 5.41) is 10.1. The molecule has 1 aliphatic rings. The summed E-state index contributed by atoms with van der Waals surface area (Å²) >= 11 is 0. The molecule has 0 unspecified atom stereocenters. The summed E-state index contributed by atoms with van der Waals surface area (Å²) in [4.78, 5) is 12.5. The predicted molar refractivity (Wildman–Crippen MR) is 81.7 cm³/mol. The van der Waals surface area contributed by atoms with Crippen LogP contribution in [0.3, 0.4) is 0 Å². The van der Waals surface area contributed by atoms with E-state index in [0.29, 0.717) is 17.7 Å². The van der Waals surface area contributed by atoms with Gasteiger partial charge in [-0.15, -0.1) is 0 Å². The summed E-state index contributed by atoms with van der Waals surface area (Å²) in [5.41, 5.74) is 3.18. The van der Waals surface area contributed by atoms with Gasteiger partial charge >= 0.3 is 0 Å². The topological polar surface area (TPSA) is 46.5 Å². The Bertz CT molecular complexity index is 729. The van der Waals surface area contributed by atoms with Gasteiger partial charge in [-0.25, -0.2) is 0 Å². The molecule has 0 radical (unpaired) electrons. The molecule has 0 heterocycles. The molecule has 0 fully saturated rings. The van der Waals surface area contributed by atoms with Crippen molar-refractivity contribution >= 4 is 11.9 Å². The minimum atomic E-state index is 0.0408. The van der Waals surface area contributed by atoms with Gasteiger partial charge in [0.25, 0.3) is 0 Å². The van der Waals surface area contributed by atoms with Gasteiger partial charge < -0.3 is 9.84 Å². The first-order chi connectivity index (χ1) is 10.2. The third kappa shape index (κ3) is 2.42. The van der Waals surface area contributed by atoms with Gasteiger partial charge in [0.15, 0.2) is 17.3 Å². The van der Waals surface area contributed by atoms with Crippen LogP contribution in [-0.2, 0) is 6.42 Å². The van der Waals surface area contributed by atoms with Gasteiger partial charge in [0, 0.05) is 16.7 Å². The zero-order valence-electron chi connectivity index (χ0n) is 11.8. The number of hydrogen-bond acceptors (Lipinski definition) is 3. The molecule has 0 amide bonds. The highest BCUT2D eigenvalue weighted by atomic mass is 16.5. The smallest absolute Gasteiger partial charge is 0.189 e. The largest absolute Gasteiger partial charge is 0.504 e. The lowest BCUT2D eigenvalue weighted by Gasteiger charge is -2.17. The number of para-hydroxylation sites is 1. The highest BCUT2D eigenvalue weighted by molar-refractivity contribution is 6.13. The normalized spacial score (nSPS) is 15.9. The van der Waals surface area contributed by atoms with E-state index in [2.05, 4.69) is 0 Å². The van der Waals surface area contributed by atoms with Crippen LogP contribution < -0.4 is 4.74 Å². The van der Waals surface area contributed by atoms with E-state index in [1.54, 1.807) is 24.3 Å². The number of fused-ring (bicyclic) bond motifs is 1. The number of benzene rings is 2. The van der Waals surface area contributed by atoms with Gasteiger partial charge in [0.2, 0.25) is 0 Å². The molecule has 21 heavy (non-hydrogen) atoms. The van der Waals surface area contributed by atoms with E-state index in [4.69, 9.17) is 4.74 Å². The number of allylic oxidation sites excluding steroid dienone is 1. The lowest BCUT2D eigenvalue weighted by atomic mass is 9.86. The molecule has 0 aliphatic heterocycles. The zero-order valence-corrected chi connectivity index (χ0v) is 11.8. The van der Waals surface area contributed by atoms with Gasteiger partial charge in [-0.1, -0.05) is 36.4 Å². The van der Waals surface area contributed by atoms with Crippen molar-refractivity contribution in [2.45, 2.75) is 12.8 Å². The number of phenolic OH excluding ortho intramolecular Hbond substituents is 1. The molecule has 3 nitrogen and oxygen atoms in total. The van der Waals surface area contributed by atoms with Crippen molar-refractivity contribution in [3.8, 4) is 11.5 Å². The monoisotopic (exact) mass is 280 g/mol. The fourth-order valence-corrected chi connectivity index (χ4v) is 2.66. The van der Waals surface area contributed by atoms with Crippen molar-refractivity contribution in [2.24, 2.45) is 0 Å². The second kappa shape index (κ2) is 5.44. The molecule has 0 aromatic heterocycles. The minimum absolute atomic E-state index is 0.0408. The maximum Gasteiger partial charge on any atom is 0.189 e.